The second kappa shape index (κ2) is 7.16. The van der Waals surface area contributed by atoms with Crippen LogP contribution in [0.15, 0.2) is 18.2 Å². The van der Waals surface area contributed by atoms with Crippen LogP contribution in [0.3, 0.4) is 0 Å². The average Bonchev–Trinajstić information content (AvgIpc) is 2.39. The molecule has 0 aliphatic carbocycles. The van der Waals surface area contributed by atoms with Crippen molar-refractivity contribution in [2.24, 2.45) is 5.41 Å². The summed E-state index contributed by atoms with van der Waals surface area (Å²) in [6, 6.07) is 7.36. The molecular weight excluding hydrogens is 262 g/mol. The van der Waals surface area contributed by atoms with Crippen LogP contribution in [0.1, 0.15) is 43.5 Å². The number of ether oxygens (including phenoxy) is 1. The third kappa shape index (κ3) is 4.92. The van der Waals surface area contributed by atoms with E-state index in [1.54, 1.807) is 18.2 Å². The minimum atomic E-state index is -0.293. The summed E-state index contributed by atoms with van der Waals surface area (Å²) in [6.45, 7) is 4.34. The third-order valence-electron chi connectivity index (χ3n) is 2.87. The zero-order valence-corrected chi connectivity index (χ0v) is 12.0. The molecule has 0 unspecified atom stereocenters. The molecule has 3 nitrogen and oxygen atoms in total. The number of rotatable bonds is 7. The molecule has 0 saturated carbocycles. The number of hydrogen-bond acceptors (Lipinski definition) is 3. The number of benzene rings is 1. The van der Waals surface area contributed by atoms with E-state index in [4.69, 9.17) is 21.6 Å². The number of carbonyl (C=O) groups excluding carboxylic acids is 1. The first-order chi connectivity index (χ1) is 9.00. The Kier molecular flexibility index (Phi) is 5.85. The van der Waals surface area contributed by atoms with Gasteiger partial charge in [0.15, 0.2) is 6.29 Å². The van der Waals surface area contributed by atoms with E-state index >= 15 is 0 Å². The van der Waals surface area contributed by atoms with Gasteiger partial charge in [-0.05, 0) is 45.2 Å². The van der Waals surface area contributed by atoms with Crippen molar-refractivity contribution < 1.29 is 9.53 Å². The Morgan fingerprint density at radius 1 is 1.42 bits per heavy atom. The highest BCUT2D eigenvalue weighted by atomic mass is 35.5. The number of nitriles is 1. The lowest BCUT2D eigenvalue weighted by Crippen LogP contribution is -2.08. The van der Waals surface area contributed by atoms with Crippen molar-refractivity contribution in [3.8, 4) is 11.8 Å². The number of carbonyl (C=O) groups is 1. The predicted octanol–water partition coefficient (Wildman–Crippen LogP) is 4.25. The zero-order chi connectivity index (χ0) is 14.3. The van der Waals surface area contributed by atoms with E-state index in [0.29, 0.717) is 22.9 Å². The maximum Gasteiger partial charge on any atom is 0.153 e. The molecule has 0 fully saturated rings. The number of aldehydes is 1. The van der Waals surface area contributed by atoms with Crippen LogP contribution in [0.25, 0.3) is 0 Å². The van der Waals surface area contributed by atoms with Gasteiger partial charge in [0.25, 0.3) is 0 Å². The van der Waals surface area contributed by atoms with Gasteiger partial charge in [-0.25, -0.2) is 0 Å². The fourth-order valence-electron chi connectivity index (χ4n) is 1.67. The number of para-hydroxylation sites is 1. The topological polar surface area (TPSA) is 50.1 Å². The van der Waals surface area contributed by atoms with Crippen molar-refractivity contribution in [3.63, 3.8) is 0 Å². The highest BCUT2D eigenvalue weighted by Gasteiger charge is 2.15. The monoisotopic (exact) mass is 279 g/mol. The Bertz CT molecular complexity index is 478. The van der Waals surface area contributed by atoms with Gasteiger partial charge in [-0.2, -0.15) is 5.26 Å². The Labute approximate surface area is 119 Å². The Morgan fingerprint density at radius 2 is 2.16 bits per heavy atom. The van der Waals surface area contributed by atoms with Crippen LogP contribution in [0.2, 0.25) is 5.02 Å². The lowest BCUT2D eigenvalue weighted by atomic mass is 9.89. The van der Waals surface area contributed by atoms with E-state index in [9.17, 15) is 4.79 Å². The Balaban J connectivity index is 2.43. The molecule has 0 N–H and O–H groups in total. The van der Waals surface area contributed by atoms with Crippen LogP contribution in [0.5, 0.6) is 5.75 Å². The van der Waals surface area contributed by atoms with Gasteiger partial charge >= 0.3 is 0 Å². The fraction of sp³-hybridized carbons (Fsp3) is 0.467. The minimum absolute atomic E-state index is 0.293. The lowest BCUT2D eigenvalue weighted by Gasteiger charge is -2.15. The van der Waals surface area contributed by atoms with E-state index in [1.165, 1.54) is 0 Å². The summed E-state index contributed by atoms with van der Waals surface area (Å²) in [5, 5.41) is 9.34. The molecule has 1 aromatic rings. The van der Waals surface area contributed by atoms with Gasteiger partial charge in [-0.3, -0.25) is 4.79 Å². The lowest BCUT2D eigenvalue weighted by molar-refractivity contribution is 0.111. The molecule has 0 saturated heterocycles. The zero-order valence-electron chi connectivity index (χ0n) is 11.3. The van der Waals surface area contributed by atoms with E-state index in [-0.39, 0.29) is 5.41 Å². The molecule has 1 rings (SSSR count). The van der Waals surface area contributed by atoms with Gasteiger partial charge in [-0.15, -0.1) is 0 Å². The number of nitrogens with zero attached hydrogens (tertiary/aromatic N) is 1. The van der Waals surface area contributed by atoms with Gasteiger partial charge in [0.2, 0.25) is 0 Å². The molecule has 0 radical (unpaired) electrons. The summed E-state index contributed by atoms with van der Waals surface area (Å²) in [5.41, 5.74) is 0.170. The van der Waals surface area contributed by atoms with Gasteiger partial charge in [0.05, 0.1) is 28.7 Å². The normalized spacial score (nSPS) is 10.8. The van der Waals surface area contributed by atoms with Gasteiger partial charge in [0, 0.05) is 0 Å². The summed E-state index contributed by atoms with van der Waals surface area (Å²) in [7, 11) is 0. The summed E-state index contributed by atoms with van der Waals surface area (Å²) in [5.74, 6) is 0.443. The molecule has 0 atom stereocenters. The average molecular weight is 280 g/mol. The van der Waals surface area contributed by atoms with E-state index in [1.807, 2.05) is 13.8 Å². The van der Waals surface area contributed by atoms with Crippen molar-refractivity contribution in [2.75, 3.05) is 6.61 Å². The van der Waals surface area contributed by atoms with Gasteiger partial charge in [-0.1, -0.05) is 17.7 Å². The SMILES string of the molecule is CC(C)(C#N)CCCCOc1c(Cl)cccc1C=O. The molecule has 0 amide bonds. The number of unbranched alkanes of at least 4 members (excludes halogenated alkanes) is 1. The molecule has 102 valence electrons. The van der Waals surface area contributed by atoms with Crippen LogP contribution >= 0.6 is 11.6 Å². The first-order valence-corrected chi connectivity index (χ1v) is 6.66. The standard InChI is InChI=1S/C15H18ClNO2/c1-15(2,11-17)8-3-4-9-19-14-12(10-18)6-5-7-13(14)16/h5-7,10H,3-4,8-9H2,1-2H3. The largest absolute Gasteiger partial charge is 0.491 e. The van der Waals surface area contributed by atoms with Crippen LogP contribution < -0.4 is 4.74 Å². The molecule has 19 heavy (non-hydrogen) atoms. The summed E-state index contributed by atoms with van der Waals surface area (Å²) in [4.78, 5) is 10.9. The molecule has 0 spiro atoms. The molecule has 0 aromatic heterocycles. The Morgan fingerprint density at radius 3 is 2.79 bits per heavy atom. The molecule has 0 aliphatic heterocycles. The fourth-order valence-corrected chi connectivity index (χ4v) is 1.91. The van der Waals surface area contributed by atoms with Crippen LogP contribution in [-0.2, 0) is 0 Å². The highest BCUT2D eigenvalue weighted by Crippen LogP contribution is 2.28. The van der Waals surface area contributed by atoms with Crippen LogP contribution in [0.4, 0.5) is 0 Å². The highest BCUT2D eigenvalue weighted by molar-refractivity contribution is 6.32. The third-order valence-corrected chi connectivity index (χ3v) is 3.17. The summed E-state index contributed by atoms with van der Waals surface area (Å²) >= 11 is 5.99. The van der Waals surface area contributed by atoms with Crippen molar-refractivity contribution in [1.82, 2.24) is 0 Å². The maximum atomic E-state index is 10.9. The predicted molar refractivity (Wildman–Crippen MR) is 75.6 cm³/mol. The molecule has 1 aromatic carbocycles. The quantitative estimate of drug-likeness (QED) is 0.554. The first-order valence-electron chi connectivity index (χ1n) is 6.28. The molecule has 4 heteroatoms. The smallest absolute Gasteiger partial charge is 0.153 e. The molecule has 0 heterocycles. The second-order valence-corrected chi connectivity index (χ2v) is 5.48. The summed E-state index contributed by atoms with van der Waals surface area (Å²) in [6.07, 6.45) is 3.30. The van der Waals surface area contributed by atoms with E-state index < -0.39 is 0 Å². The maximum absolute atomic E-state index is 10.9. The van der Waals surface area contributed by atoms with Gasteiger partial charge in [0.1, 0.15) is 5.75 Å². The molecule has 0 aliphatic rings. The van der Waals surface area contributed by atoms with Crippen LogP contribution in [-0.4, -0.2) is 12.9 Å². The molecular formula is C15H18ClNO2. The molecule has 0 bridgehead atoms. The summed E-state index contributed by atoms with van der Waals surface area (Å²) < 4.78 is 5.56. The van der Waals surface area contributed by atoms with Crippen molar-refractivity contribution in [2.45, 2.75) is 33.1 Å². The van der Waals surface area contributed by atoms with E-state index in [0.717, 1.165) is 25.5 Å². The number of hydrogen-bond donors (Lipinski definition) is 0. The van der Waals surface area contributed by atoms with Crippen molar-refractivity contribution in [1.29, 1.82) is 5.26 Å². The van der Waals surface area contributed by atoms with Crippen molar-refractivity contribution >= 4 is 17.9 Å². The van der Waals surface area contributed by atoms with E-state index in [2.05, 4.69) is 6.07 Å². The second-order valence-electron chi connectivity index (χ2n) is 5.08. The number of halogens is 1. The van der Waals surface area contributed by atoms with Crippen molar-refractivity contribution in [3.05, 3.63) is 28.8 Å². The van der Waals surface area contributed by atoms with Crippen LogP contribution in [0, 0.1) is 16.7 Å². The first kappa shape index (κ1) is 15.5. The Hall–Kier alpha value is -1.53. The van der Waals surface area contributed by atoms with Gasteiger partial charge < -0.3 is 4.74 Å². The minimum Gasteiger partial charge on any atom is -0.491 e.